The zero-order valence-electron chi connectivity index (χ0n) is 21.7. The number of unbranched alkanes of at least 4 members (excludes halogenated alkanes) is 7. The van der Waals surface area contributed by atoms with Crippen LogP contribution in [-0.4, -0.2) is 45.8 Å². The van der Waals surface area contributed by atoms with Crippen LogP contribution in [0.5, 0.6) is 0 Å². The molecule has 7 heteroatoms. The Hall–Kier alpha value is -1.99. The molecule has 198 valence electrons. The fourth-order valence-electron chi connectivity index (χ4n) is 4.74. The molecule has 0 atom stereocenters. The van der Waals surface area contributed by atoms with Crippen LogP contribution in [0.1, 0.15) is 105 Å². The molecule has 2 aromatic rings. The smallest absolute Gasteiger partial charge is 0.335 e. The second-order valence-corrected chi connectivity index (χ2v) is 10.2. The maximum absolute atomic E-state index is 13.1. The van der Waals surface area contributed by atoms with Crippen LogP contribution in [0.3, 0.4) is 0 Å². The van der Waals surface area contributed by atoms with E-state index in [1.807, 2.05) is 26.1 Å². The number of nitrogens with one attached hydrogen (secondary N) is 2. The van der Waals surface area contributed by atoms with Crippen LogP contribution in [0.15, 0.2) is 18.3 Å². The number of aryl methyl sites for hydroxylation is 2. The van der Waals surface area contributed by atoms with Crippen molar-refractivity contribution in [1.29, 1.82) is 0 Å². The zero-order valence-corrected chi connectivity index (χ0v) is 21.7. The van der Waals surface area contributed by atoms with Crippen LogP contribution >= 0.6 is 0 Å². The Kier molecular flexibility index (Phi) is 11.6. The molecule has 0 unspecified atom stereocenters. The molecule has 1 aliphatic rings. The van der Waals surface area contributed by atoms with E-state index in [4.69, 9.17) is 5.11 Å². The molecule has 0 amide bonds. The summed E-state index contributed by atoms with van der Waals surface area (Å²) in [6, 6.07) is 3.61. The number of carbonyl (C=O) groups is 1. The number of hydrogen-bond acceptors (Lipinski definition) is 3. The van der Waals surface area contributed by atoms with E-state index in [1.165, 1.54) is 44.9 Å². The summed E-state index contributed by atoms with van der Waals surface area (Å²) in [5.74, 6) is -3.43. The van der Waals surface area contributed by atoms with E-state index in [2.05, 4.69) is 17.2 Å². The highest BCUT2D eigenvalue weighted by molar-refractivity contribution is 5.98. The molecule has 35 heavy (non-hydrogen) atoms. The molecule has 0 radical (unpaired) electrons. The Morgan fingerprint density at radius 3 is 2.23 bits per heavy atom. The molecule has 1 fully saturated rings. The Morgan fingerprint density at radius 2 is 1.63 bits per heavy atom. The third kappa shape index (κ3) is 9.53. The van der Waals surface area contributed by atoms with Crippen LogP contribution < -0.4 is 5.32 Å². The molecule has 0 spiro atoms. The van der Waals surface area contributed by atoms with E-state index in [-0.39, 0.29) is 25.7 Å². The molecule has 3 rings (SSSR count). The third-order valence-electron chi connectivity index (χ3n) is 7.11. The molecule has 5 nitrogen and oxygen atoms in total. The normalized spacial score (nSPS) is 16.6. The van der Waals surface area contributed by atoms with Crippen LogP contribution in [0.2, 0.25) is 0 Å². The first-order valence-electron chi connectivity index (χ1n) is 13.2. The number of aromatic nitrogens is 1. The molecular formula is C28H44F2N2O3. The molecule has 1 aromatic heterocycles. The lowest BCUT2D eigenvalue weighted by Gasteiger charge is -2.36. The Balaban J connectivity index is 0.000000266. The number of alkyl halides is 2. The molecule has 1 aliphatic carbocycles. The SMILES string of the molecule is CCCCCCCCCCNCC1(O)CCC(F)(F)CC1.Cc1c(C(=O)O)cc(C)c2[nH]ccc12. The van der Waals surface area contributed by atoms with Gasteiger partial charge >= 0.3 is 5.97 Å². The minimum Gasteiger partial charge on any atom is -0.478 e. The summed E-state index contributed by atoms with van der Waals surface area (Å²) >= 11 is 0. The maximum Gasteiger partial charge on any atom is 0.335 e. The second kappa shape index (κ2) is 13.9. The Morgan fingerprint density at radius 1 is 1.03 bits per heavy atom. The molecule has 0 saturated heterocycles. The number of aromatic amines is 1. The van der Waals surface area contributed by atoms with Gasteiger partial charge in [-0.25, -0.2) is 13.6 Å². The number of aromatic carboxylic acids is 1. The van der Waals surface area contributed by atoms with Gasteiger partial charge in [0.25, 0.3) is 0 Å². The average Bonchev–Trinajstić information content (AvgIpc) is 3.31. The molecule has 4 N–H and O–H groups in total. The summed E-state index contributed by atoms with van der Waals surface area (Å²) in [5, 5.41) is 23.4. The van der Waals surface area contributed by atoms with E-state index in [1.54, 1.807) is 6.07 Å². The van der Waals surface area contributed by atoms with Crippen molar-refractivity contribution in [3.63, 3.8) is 0 Å². The minimum atomic E-state index is -2.57. The quantitative estimate of drug-likeness (QED) is 0.236. The van der Waals surface area contributed by atoms with Gasteiger partial charge in [0.1, 0.15) is 0 Å². The highest BCUT2D eigenvalue weighted by Crippen LogP contribution is 2.38. The predicted molar refractivity (Wildman–Crippen MR) is 139 cm³/mol. The van der Waals surface area contributed by atoms with Crippen molar-refractivity contribution in [2.45, 2.75) is 109 Å². The molecule has 1 aromatic carbocycles. The van der Waals surface area contributed by atoms with Gasteiger partial charge < -0.3 is 20.5 Å². The number of aliphatic hydroxyl groups is 1. The van der Waals surface area contributed by atoms with Crippen LogP contribution in [-0.2, 0) is 0 Å². The van der Waals surface area contributed by atoms with Gasteiger partial charge in [-0.1, -0.05) is 51.9 Å². The van der Waals surface area contributed by atoms with Crippen LogP contribution in [0.4, 0.5) is 8.78 Å². The number of hydrogen-bond donors (Lipinski definition) is 4. The monoisotopic (exact) mass is 494 g/mol. The van der Waals surface area contributed by atoms with Crippen LogP contribution in [0, 0.1) is 13.8 Å². The highest BCUT2D eigenvalue weighted by atomic mass is 19.3. The largest absolute Gasteiger partial charge is 0.478 e. The lowest BCUT2D eigenvalue weighted by molar-refractivity contribution is -0.102. The first-order valence-corrected chi connectivity index (χ1v) is 13.2. The van der Waals surface area contributed by atoms with Crippen molar-refractivity contribution in [2.24, 2.45) is 0 Å². The Labute approximate surface area is 208 Å². The third-order valence-corrected chi connectivity index (χ3v) is 7.11. The van der Waals surface area contributed by atoms with Crippen molar-refractivity contribution in [2.75, 3.05) is 13.1 Å². The molecular weight excluding hydrogens is 450 g/mol. The molecule has 1 saturated carbocycles. The minimum absolute atomic E-state index is 0.178. The summed E-state index contributed by atoms with van der Waals surface area (Å²) in [7, 11) is 0. The fourth-order valence-corrected chi connectivity index (χ4v) is 4.74. The van der Waals surface area contributed by atoms with E-state index in [9.17, 15) is 18.7 Å². The lowest BCUT2D eigenvalue weighted by atomic mass is 9.83. The summed E-state index contributed by atoms with van der Waals surface area (Å²) < 4.78 is 26.1. The van der Waals surface area contributed by atoms with E-state index in [0.717, 1.165) is 35.0 Å². The molecule has 0 bridgehead atoms. The van der Waals surface area contributed by atoms with Crippen molar-refractivity contribution in [3.05, 3.63) is 35.0 Å². The van der Waals surface area contributed by atoms with Crippen LogP contribution in [0.25, 0.3) is 10.9 Å². The summed E-state index contributed by atoms with van der Waals surface area (Å²) in [5.41, 5.74) is 2.27. The van der Waals surface area contributed by atoms with Crippen molar-refractivity contribution >= 4 is 16.9 Å². The number of carboxylic acid groups (broad SMARTS) is 1. The summed E-state index contributed by atoms with van der Waals surface area (Å²) in [6.45, 7) is 7.31. The van der Waals surface area contributed by atoms with Gasteiger partial charge in [0.15, 0.2) is 0 Å². The highest BCUT2D eigenvalue weighted by Gasteiger charge is 2.41. The number of H-pyrrole nitrogens is 1. The number of halogens is 2. The number of benzene rings is 1. The summed E-state index contributed by atoms with van der Waals surface area (Å²) in [6.07, 6.45) is 12.2. The maximum atomic E-state index is 13.1. The lowest BCUT2D eigenvalue weighted by Crippen LogP contribution is -2.46. The van der Waals surface area contributed by atoms with Gasteiger partial charge in [-0.15, -0.1) is 0 Å². The van der Waals surface area contributed by atoms with E-state index < -0.39 is 17.5 Å². The van der Waals surface area contributed by atoms with Crippen molar-refractivity contribution in [3.8, 4) is 0 Å². The van der Waals surface area contributed by atoms with Gasteiger partial charge in [-0.05, 0) is 62.9 Å². The number of rotatable bonds is 12. The van der Waals surface area contributed by atoms with Gasteiger partial charge in [0.05, 0.1) is 11.2 Å². The fraction of sp³-hybridized carbons (Fsp3) is 0.679. The average molecular weight is 495 g/mol. The Bertz CT molecular complexity index is 916. The van der Waals surface area contributed by atoms with E-state index >= 15 is 0 Å². The standard InChI is InChI=1S/C17H33F2NO.C11H11NO2/c1-2-3-4-5-6-7-8-9-14-20-15-16(21)10-12-17(18,19)13-11-16;1-6-5-9(11(13)14)7(2)8-3-4-12-10(6)8/h20-21H,2-15H2,1H3;3-5,12H,1-2H3,(H,13,14). The molecule has 0 aliphatic heterocycles. The number of fused-ring (bicyclic) bond motifs is 1. The van der Waals surface area contributed by atoms with Gasteiger partial charge in [-0.3, -0.25) is 0 Å². The molecule has 1 heterocycles. The van der Waals surface area contributed by atoms with Crippen molar-refractivity contribution < 1.29 is 23.8 Å². The van der Waals surface area contributed by atoms with Gasteiger partial charge in [0, 0.05) is 36.5 Å². The summed E-state index contributed by atoms with van der Waals surface area (Å²) in [4.78, 5) is 14.0. The second-order valence-electron chi connectivity index (χ2n) is 10.2. The number of carboxylic acids is 1. The van der Waals surface area contributed by atoms with Crippen molar-refractivity contribution in [1.82, 2.24) is 10.3 Å². The zero-order chi connectivity index (χ0) is 25.9. The first-order chi connectivity index (χ1) is 16.6. The predicted octanol–water partition coefficient (Wildman–Crippen LogP) is 7.14. The first kappa shape index (κ1) is 29.2. The topological polar surface area (TPSA) is 85.3 Å². The van der Waals surface area contributed by atoms with Gasteiger partial charge in [0.2, 0.25) is 5.92 Å². The van der Waals surface area contributed by atoms with Gasteiger partial charge in [-0.2, -0.15) is 0 Å². The van der Waals surface area contributed by atoms with E-state index in [0.29, 0.717) is 12.1 Å².